The maximum absolute atomic E-state index is 12.2. The number of carbonyl (C=O) groups excluding carboxylic acids is 1. The first-order valence-electron chi connectivity index (χ1n) is 7.17. The molecule has 21 heavy (non-hydrogen) atoms. The normalized spacial score (nSPS) is 12.0. The van der Waals surface area contributed by atoms with E-state index in [0.717, 1.165) is 23.5 Å². The van der Waals surface area contributed by atoms with E-state index in [1.54, 1.807) is 18.3 Å². The fourth-order valence-electron chi connectivity index (χ4n) is 2.20. The Kier molecular flexibility index (Phi) is 5.06. The van der Waals surface area contributed by atoms with Gasteiger partial charge in [0.2, 0.25) is 0 Å². The van der Waals surface area contributed by atoms with Crippen molar-refractivity contribution in [2.24, 2.45) is 0 Å². The number of anilines is 1. The van der Waals surface area contributed by atoms with Crippen LogP contribution in [-0.2, 0) is 0 Å². The maximum atomic E-state index is 12.2. The van der Waals surface area contributed by atoms with Gasteiger partial charge in [-0.1, -0.05) is 19.1 Å². The van der Waals surface area contributed by atoms with Gasteiger partial charge < -0.3 is 10.6 Å². The van der Waals surface area contributed by atoms with Crippen LogP contribution >= 0.6 is 0 Å². The van der Waals surface area contributed by atoms with Gasteiger partial charge in [-0.2, -0.15) is 0 Å². The van der Waals surface area contributed by atoms with Crippen molar-refractivity contribution < 1.29 is 4.79 Å². The highest BCUT2D eigenvalue weighted by Crippen LogP contribution is 2.18. The Labute approximate surface area is 125 Å². The van der Waals surface area contributed by atoms with E-state index in [2.05, 4.69) is 35.5 Å². The van der Waals surface area contributed by atoms with Gasteiger partial charge in [-0.25, -0.2) is 0 Å². The van der Waals surface area contributed by atoms with Crippen LogP contribution in [0.4, 0.5) is 5.69 Å². The van der Waals surface area contributed by atoms with Gasteiger partial charge in [-0.3, -0.25) is 9.78 Å². The molecule has 2 aromatic rings. The Balaban J connectivity index is 2.12. The van der Waals surface area contributed by atoms with Gasteiger partial charge in [0.05, 0.1) is 0 Å². The summed E-state index contributed by atoms with van der Waals surface area (Å²) >= 11 is 0. The lowest BCUT2D eigenvalue weighted by Gasteiger charge is -2.14. The van der Waals surface area contributed by atoms with Crippen LogP contribution in [0.3, 0.4) is 0 Å². The molecule has 4 nitrogen and oxygen atoms in total. The number of rotatable bonds is 5. The molecule has 1 aromatic heterocycles. The summed E-state index contributed by atoms with van der Waals surface area (Å²) < 4.78 is 0. The van der Waals surface area contributed by atoms with Gasteiger partial charge in [0.25, 0.3) is 5.91 Å². The van der Waals surface area contributed by atoms with Crippen LogP contribution in [-0.4, -0.2) is 17.4 Å². The Hall–Kier alpha value is -2.20. The lowest BCUT2D eigenvalue weighted by Crippen LogP contribution is -2.18. The molecule has 110 valence electrons. The highest BCUT2D eigenvalue weighted by molar-refractivity contribution is 6.04. The molecule has 0 aliphatic carbocycles. The molecular formula is C17H21N3O. The lowest BCUT2D eigenvalue weighted by atomic mass is 10.1. The van der Waals surface area contributed by atoms with Crippen molar-refractivity contribution >= 4 is 11.6 Å². The second-order valence-electron chi connectivity index (χ2n) is 5.04. The van der Waals surface area contributed by atoms with Crippen LogP contribution in [0.2, 0.25) is 0 Å². The predicted octanol–water partition coefficient (Wildman–Crippen LogP) is 3.31. The summed E-state index contributed by atoms with van der Waals surface area (Å²) in [7, 11) is 0. The van der Waals surface area contributed by atoms with Crippen molar-refractivity contribution in [2.45, 2.75) is 26.8 Å². The van der Waals surface area contributed by atoms with E-state index in [0.29, 0.717) is 5.56 Å². The second-order valence-corrected chi connectivity index (χ2v) is 5.04. The van der Waals surface area contributed by atoms with Crippen LogP contribution in [0, 0.1) is 6.92 Å². The molecular weight excluding hydrogens is 262 g/mol. The molecule has 1 heterocycles. The molecule has 0 saturated carbocycles. The second kappa shape index (κ2) is 6.99. The van der Waals surface area contributed by atoms with Gasteiger partial charge in [0.15, 0.2) is 0 Å². The van der Waals surface area contributed by atoms with E-state index in [1.807, 2.05) is 25.1 Å². The van der Waals surface area contributed by atoms with Gasteiger partial charge in [-0.15, -0.1) is 0 Å². The smallest absolute Gasteiger partial charge is 0.255 e. The third-order valence-corrected chi connectivity index (χ3v) is 3.31. The Morgan fingerprint density at radius 1 is 1.29 bits per heavy atom. The topological polar surface area (TPSA) is 54.0 Å². The minimum Gasteiger partial charge on any atom is -0.322 e. The average Bonchev–Trinajstić information content (AvgIpc) is 2.48. The number of pyridine rings is 1. The van der Waals surface area contributed by atoms with Crippen molar-refractivity contribution in [1.82, 2.24) is 10.3 Å². The number of amides is 1. The van der Waals surface area contributed by atoms with Gasteiger partial charge in [0, 0.05) is 29.2 Å². The largest absolute Gasteiger partial charge is 0.322 e. The van der Waals surface area contributed by atoms with Crippen molar-refractivity contribution in [2.75, 3.05) is 11.9 Å². The molecule has 0 aliphatic heterocycles. The Morgan fingerprint density at radius 2 is 2.10 bits per heavy atom. The van der Waals surface area contributed by atoms with E-state index in [9.17, 15) is 4.79 Å². The number of nitrogens with one attached hydrogen (secondary N) is 2. The van der Waals surface area contributed by atoms with E-state index in [1.165, 1.54) is 0 Å². The van der Waals surface area contributed by atoms with Crippen LogP contribution < -0.4 is 10.6 Å². The number of aromatic nitrogens is 1. The SMILES string of the molecule is CCNC(C)c1cccc(NC(=O)c2ccnc(C)c2)c1. The highest BCUT2D eigenvalue weighted by Gasteiger charge is 2.08. The molecule has 4 heteroatoms. The maximum Gasteiger partial charge on any atom is 0.255 e. The molecule has 0 radical (unpaired) electrons. The quantitative estimate of drug-likeness (QED) is 0.885. The Bertz CT molecular complexity index is 625. The molecule has 0 fully saturated rings. The van der Waals surface area contributed by atoms with E-state index >= 15 is 0 Å². The molecule has 1 aromatic carbocycles. The van der Waals surface area contributed by atoms with Crippen LogP contribution in [0.25, 0.3) is 0 Å². The van der Waals surface area contributed by atoms with Crippen LogP contribution in [0.5, 0.6) is 0 Å². The van der Waals surface area contributed by atoms with Crippen molar-refractivity contribution in [3.63, 3.8) is 0 Å². The lowest BCUT2D eigenvalue weighted by molar-refractivity contribution is 0.102. The number of benzene rings is 1. The summed E-state index contributed by atoms with van der Waals surface area (Å²) in [5.41, 5.74) is 3.40. The molecule has 0 bridgehead atoms. The molecule has 2 N–H and O–H groups in total. The molecule has 1 atom stereocenters. The first-order chi connectivity index (χ1) is 10.1. The fourth-order valence-corrected chi connectivity index (χ4v) is 2.20. The summed E-state index contributed by atoms with van der Waals surface area (Å²) in [6.45, 7) is 6.97. The summed E-state index contributed by atoms with van der Waals surface area (Å²) in [6, 6.07) is 11.7. The average molecular weight is 283 g/mol. The standard InChI is InChI=1S/C17H21N3O/c1-4-18-13(3)14-6-5-7-16(11-14)20-17(21)15-8-9-19-12(2)10-15/h5-11,13,18H,4H2,1-3H3,(H,20,21). The number of aryl methyl sites for hydroxylation is 1. The number of hydrogen-bond acceptors (Lipinski definition) is 3. The number of hydrogen-bond donors (Lipinski definition) is 2. The van der Waals surface area contributed by atoms with E-state index < -0.39 is 0 Å². The highest BCUT2D eigenvalue weighted by atomic mass is 16.1. The summed E-state index contributed by atoms with van der Waals surface area (Å²) in [5, 5.41) is 6.29. The Morgan fingerprint density at radius 3 is 2.81 bits per heavy atom. The minimum atomic E-state index is -0.117. The number of nitrogens with zero attached hydrogens (tertiary/aromatic N) is 1. The summed E-state index contributed by atoms with van der Waals surface area (Å²) in [5.74, 6) is -0.117. The van der Waals surface area contributed by atoms with Gasteiger partial charge >= 0.3 is 0 Å². The van der Waals surface area contributed by atoms with E-state index in [-0.39, 0.29) is 11.9 Å². The summed E-state index contributed by atoms with van der Waals surface area (Å²) in [4.78, 5) is 16.3. The predicted molar refractivity (Wildman–Crippen MR) is 85.5 cm³/mol. The molecule has 0 aliphatic rings. The molecule has 1 amide bonds. The van der Waals surface area contributed by atoms with Crippen molar-refractivity contribution in [3.05, 3.63) is 59.4 Å². The summed E-state index contributed by atoms with van der Waals surface area (Å²) in [6.07, 6.45) is 1.65. The monoisotopic (exact) mass is 283 g/mol. The van der Waals surface area contributed by atoms with Crippen LogP contribution in [0.15, 0.2) is 42.6 Å². The minimum absolute atomic E-state index is 0.117. The molecule has 0 saturated heterocycles. The van der Waals surface area contributed by atoms with E-state index in [4.69, 9.17) is 0 Å². The first-order valence-corrected chi connectivity index (χ1v) is 7.17. The van der Waals surface area contributed by atoms with Crippen LogP contribution in [0.1, 0.15) is 41.5 Å². The van der Waals surface area contributed by atoms with Crippen molar-refractivity contribution in [1.29, 1.82) is 0 Å². The zero-order chi connectivity index (χ0) is 15.2. The third-order valence-electron chi connectivity index (χ3n) is 3.31. The van der Waals surface area contributed by atoms with Crippen molar-refractivity contribution in [3.8, 4) is 0 Å². The fraction of sp³-hybridized carbons (Fsp3) is 0.294. The number of carbonyl (C=O) groups is 1. The first kappa shape index (κ1) is 15.2. The van der Waals surface area contributed by atoms with Gasteiger partial charge in [0.1, 0.15) is 0 Å². The zero-order valence-corrected chi connectivity index (χ0v) is 12.7. The molecule has 2 rings (SSSR count). The van der Waals surface area contributed by atoms with Gasteiger partial charge in [-0.05, 0) is 50.2 Å². The molecule has 1 unspecified atom stereocenters. The molecule has 0 spiro atoms. The third kappa shape index (κ3) is 4.13. The zero-order valence-electron chi connectivity index (χ0n) is 12.7.